The highest BCUT2D eigenvalue weighted by Gasteiger charge is 2.29. The molecule has 4 aromatic carbocycles. The van der Waals surface area contributed by atoms with Crippen molar-refractivity contribution in [3.8, 4) is 12.1 Å². The molecule has 2 aliphatic rings. The van der Waals surface area contributed by atoms with Crippen molar-refractivity contribution in [3.05, 3.63) is 125 Å². The number of nitriles is 2. The van der Waals surface area contributed by atoms with Gasteiger partial charge in [0.05, 0.1) is 38.5 Å². The molecular weight excluding hydrogens is 647 g/mol. The zero-order valence-electron chi connectivity index (χ0n) is 27.9. The number of nitrogens with zero attached hydrogens (tertiary/aromatic N) is 7. The second-order valence-corrected chi connectivity index (χ2v) is 14.6. The molecule has 0 unspecified atom stereocenters. The number of aryl methyl sites for hydroxylation is 1. The maximum absolute atomic E-state index is 14.4. The molecule has 2 saturated heterocycles. The Morgan fingerprint density at radius 1 is 0.720 bits per heavy atom. The van der Waals surface area contributed by atoms with Crippen molar-refractivity contribution in [1.82, 2.24) is 13.8 Å². The Balaban J connectivity index is 1.18. The van der Waals surface area contributed by atoms with E-state index in [2.05, 4.69) is 26.8 Å². The first-order valence-corrected chi connectivity index (χ1v) is 18.2. The number of fused-ring (bicyclic) bond motifs is 1. The molecule has 0 N–H and O–H groups in total. The number of benzene rings is 4. The van der Waals surface area contributed by atoms with Gasteiger partial charge in [0.15, 0.2) is 0 Å². The van der Waals surface area contributed by atoms with E-state index in [-0.39, 0.29) is 10.8 Å². The van der Waals surface area contributed by atoms with Gasteiger partial charge in [-0.1, -0.05) is 42.0 Å². The van der Waals surface area contributed by atoms with Gasteiger partial charge in [-0.3, -0.25) is 9.69 Å². The SMILES string of the molecule is Cc1ccc(S(=O)(=O)n2ccc3cc(CN4CCN(c5ccccc5C#N)CC4)cc(C(=O)N4CCN(c5ccccc5C#N)CC4)c32)cc1. The Morgan fingerprint density at radius 3 is 1.86 bits per heavy atom. The topological polar surface area (TPSA) is 117 Å². The summed E-state index contributed by atoms with van der Waals surface area (Å²) in [5, 5.41) is 19.9. The number of anilines is 2. The molecule has 1 amide bonds. The first-order valence-electron chi connectivity index (χ1n) is 16.7. The Labute approximate surface area is 292 Å². The monoisotopic (exact) mass is 683 g/mol. The van der Waals surface area contributed by atoms with Crippen LogP contribution in [0, 0.1) is 29.6 Å². The average molecular weight is 684 g/mol. The Bertz CT molecular complexity index is 2250. The maximum Gasteiger partial charge on any atom is 0.268 e. The van der Waals surface area contributed by atoms with Gasteiger partial charge < -0.3 is 14.7 Å². The molecular formula is C39H37N7O3S. The van der Waals surface area contributed by atoms with Crippen molar-refractivity contribution in [2.45, 2.75) is 18.4 Å². The Morgan fingerprint density at radius 2 is 1.28 bits per heavy atom. The van der Waals surface area contributed by atoms with Crippen molar-refractivity contribution >= 4 is 38.2 Å². The van der Waals surface area contributed by atoms with Gasteiger partial charge in [-0.2, -0.15) is 10.5 Å². The molecule has 50 heavy (non-hydrogen) atoms. The molecule has 0 aliphatic carbocycles. The fourth-order valence-corrected chi connectivity index (χ4v) is 8.38. The van der Waals surface area contributed by atoms with Crippen molar-refractivity contribution in [3.63, 3.8) is 0 Å². The number of carbonyl (C=O) groups is 1. The molecule has 0 spiro atoms. The van der Waals surface area contributed by atoms with Crippen LogP contribution in [0.15, 0.2) is 102 Å². The summed E-state index contributed by atoms with van der Waals surface area (Å²) >= 11 is 0. The lowest BCUT2D eigenvalue weighted by molar-refractivity contribution is 0.0748. The van der Waals surface area contributed by atoms with Crippen molar-refractivity contribution in [2.24, 2.45) is 0 Å². The molecule has 0 bridgehead atoms. The molecule has 3 heterocycles. The number of aromatic nitrogens is 1. The number of hydrogen-bond donors (Lipinski definition) is 0. The van der Waals surface area contributed by atoms with Crippen LogP contribution in [0.3, 0.4) is 0 Å². The smallest absolute Gasteiger partial charge is 0.268 e. The molecule has 0 radical (unpaired) electrons. The van der Waals surface area contributed by atoms with E-state index in [0.29, 0.717) is 60.3 Å². The summed E-state index contributed by atoms with van der Waals surface area (Å²) in [6, 6.07) is 32.0. The first-order chi connectivity index (χ1) is 24.3. The largest absolute Gasteiger partial charge is 0.368 e. The van der Waals surface area contributed by atoms with Crippen LogP contribution < -0.4 is 9.80 Å². The van der Waals surface area contributed by atoms with Crippen LogP contribution in [0.4, 0.5) is 11.4 Å². The van der Waals surface area contributed by atoms with Crippen LogP contribution in [0.2, 0.25) is 0 Å². The molecule has 7 rings (SSSR count). The third-order valence-corrected chi connectivity index (χ3v) is 11.4. The summed E-state index contributed by atoms with van der Waals surface area (Å²) in [7, 11) is -3.99. The minimum absolute atomic E-state index is 0.156. The number of rotatable bonds is 7. The van der Waals surface area contributed by atoms with Crippen molar-refractivity contribution in [1.29, 1.82) is 10.5 Å². The molecule has 5 aromatic rings. The van der Waals surface area contributed by atoms with Gasteiger partial charge in [-0.25, -0.2) is 12.4 Å². The molecule has 2 aliphatic heterocycles. The van der Waals surface area contributed by atoms with Crippen LogP contribution in [-0.4, -0.2) is 80.5 Å². The molecule has 0 atom stereocenters. The summed E-state index contributed by atoms with van der Waals surface area (Å²) in [6.07, 6.45) is 1.54. The third kappa shape index (κ3) is 6.29. The predicted molar refractivity (Wildman–Crippen MR) is 194 cm³/mol. The quantitative estimate of drug-likeness (QED) is 0.230. The van der Waals surface area contributed by atoms with Gasteiger partial charge in [0.25, 0.3) is 15.9 Å². The van der Waals surface area contributed by atoms with Gasteiger partial charge in [0.1, 0.15) is 12.1 Å². The van der Waals surface area contributed by atoms with E-state index < -0.39 is 10.0 Å². The summed E-state index contributed by atoms with van der Waals surface area (Å²) in [5.74, 6) is -0.220. The molecule has 11 heteroatoms. The van der Waals surface area contributed by atoms with Crippen LogP contribution in [0.25, 0.3) is 10.9 Å². The van der Waals surface area contributed by atoms with Gasteiger partial charge in [0, 0.05) is 70.5 Å². The van der Waals surface area contributed by atoms with Gasteiger partial charge in [-0.05, 0) is 67.1 Å². The van der Waals surface area contributed by atoms with Crippen LogP contribution in [0.1, 0.15) is 32.6 Å². The van der Waals surface area contributed by atoms with E-state index in [9.17, 15) is 23.7 Å². The standard InChI is InChI=1S/C39H37N7O3S/c1-29-10-12-34(13-11-29)50(48,49)46-15-14-31-24-30(28-42-16-18-43(19-17-42)36-8-4-2-6-32(36)26-40)25-35(38(31)46)39(47)45-22-20-44(21-23-45)37-9-5-3-7-33(37)27-41/h2-15,24-25H,16-23,28H2,1H3. The van der Waals surface area contributed by atoms with Crippen LogP contribution >= 0.6 is 0 Å². The van der Waals surface area contributed by atoms with Crippen molar-refractivity contribution in [2.75, 3.05) is 62.2 Å². The maximum atomic E-state index is 14.4. The molecule has 1 aromatic heterocycles. The highest BCUT2D eigenvalue weighted by atomic mass is 32.2. The lowest BCUT2D eigenvalue weighted by Crippen LogP contribution is -2.49. The van der Waals surface area contributed by atoms with Crippen LogP contribution in [-0.2, 0) is 16.6 Å². The first kappa shape index (κ1) is 32.9. The molecule has 252 valence electrons. The summed E-state index contributed by atoms with van der Waals surface area (Å²) in [5.41, 5.74) is 5.65. The fraction of sp³-hybridized carbons (Fsp3) is 0.256. The van der Waals surface area contributed by atoms with E-state index in [1.54, 1.807) is 47.5 Å². The normalized spacial score (nSPS) is 15.5. The Kier molecular flexibility index (Phi) is 9.02. The highest BCUT2D eigenvalue weighted by Crippen LogP contribution is 2.30. The highest BCUT2D eigenvalue weighted by molar-refractivity contribution is 7.90. The number of para-hydroxylation sites is 2. The van der Waals surface area contributed by atoms with E-state index >= 15 is 0 Å². The summed E-state index contributed by atoms with van der Waals surface area (Å²) in [4.78, 5) is 23.1. The van der Waals surface area contributed by atoms with E-state index in [1.165, 1.54) is 3.97 Å². The summed E-state index contributed by atoms with van der Waals surface area (Å²) < 4.78 is 29.2. The van der Waals surface area contributed by atoms with Gasteiger partial charge >= 0.3 is 0 Å². The zero-order valence-corrected chi connectivity index (χ0v) is 28.7. The zero-order chi connectivity index (χ0) is 34.8. The second kappa shape index (κ2) is 13.7. The number of piperazine rings is 2. The third-order valence-electron chi connectivity index (χ3n) is 9.69. The second-order valence-electron chi connectivity index (χ2n) is 12.8. The minimum atomic E-state index is -3.99. The van der Waals surface area contributed by atoms with Gasteiger partial charge in [-0.15, -0.1) is 0 Å². The van der Waals surface area contributed by atoms with Crippen LogP contribution in [0.5, 0.6) is 0 Å². The number of carbonyl (C=O) groups excluding carboxylic acids is 1. The van der Waals surface area contributed by atoms with Gasteiger partial charge in [0.2, 0.25) is 0 Å². The molecule has 2 fully saturated rings. The van der Waals surface area contributed by atoms with E-state index in [0.717, 1.165) is 48.7 Å². The lowest BCUT2D eigenvalue weighted by Gasteiger charge is -2.37. The number of amides is 1. The Hall–Kier alpha value is -5.62. The average Bonchev–Trinajstić information content (AvgIpc) is 3.60. The van der Waals surface area contributed by atoms with E-state index in [1.807, 2.05) is 61.5 Å². The molecule has 0 saturated carbocycles. The van der Waals surface area contributed by atoms with E-state index in [4.69, 9.17) is 0 Å². The summed E-state index contributed by atoms with van der Waals surface area (Å²) in [6.45, 7) is 7.54. The molecule has 10 nitrogen and oxygen atoms in total. The number of hydrogen-bond acceptors (Lipinski definition) is 8. The minimum Gasteiger partial charge on any atom is -0.368 e. The fourth-order valence-electron chi connectivity index (χ4n) is 7.01. The predicted octanol–water partition coefficient (Wildman–Crippen LogP) is 5.21. The van der Waals surface area contributed by atoms with Crippen molar-refractivity contribution < 1.29 is 13.2 Å². The lowest BCUT2D eigenvalue weighted by atomic mass is 10.0.